The van der Waals surface area contributed by atoms with Gasteiger partial charge in [0.25, 0.3) is 0 Å². The molecule has 2 aliphatic rings. The number of hydrogen-bond acceptors (Lipinski definition) is 5. The quantitative estimate of drug-likeness (QED) is 0.775. The van der Waals surface area contributed by atoms with Gasteiger partial charge in [-0.3, -0.25) is 0 Å². The third-order valence-electron chi connectivity index (χ3n) is 5.70. The third kappa shape index (κ3) is 3.17. The zero-order chi connectivity index (χ0) is 19.4. The van der Waals surface area contributed by atoms with Crippen LogP contribution in [0.3, 0.4) is 0 Å². The molecule has 4 rings (SSSR count). The number of nitrogens with one attached hydrogen (secondary N) is 1. The van der Waals surface area contributed by atoms with E-state index in [2.05, 4.69) is 15.4 Å². The molecule has 7 nitrogen and oxygen atoms in total. The van der Waals surface area contributed by atoms with Crippen molar-refractivity contribution in [3.63, 3.8) is 0 Å². The van der Waals surface area contributed by atoms with E-state index in [-0.39, 0.29) is 17.9 Å². The van der Waals surface area contributed by atoms with E-state index in [9.17, 15) is 9.90 Å². The van der Waals surface area contributed by atoms with Crippen molar-refractivity contribution in [3.05, 3.63) is 22.7 Å². The number of nitrogens with zero attached hydrogens (tertiary/aromatic N) is 3. The van der Waals surface area contributed by atoms with Gasteiger partial charge in [-0.15, -0.1) is 0 Å². The molecule has 1 aliphatic carbocycles. The Hall–Kier alpha value is -1.86. The fourth-order valence-electron chi connectivity index (χ4n) is 4.59. The van der Waals surface area contributed by atoms with Crippen molar-refractivity contribution in [2.75, 3.05) is 13.1 Å². The molecule has 1 aromatic heterocycles. The minimum absolute atomic E-state index is 0.101. The highest BCUT2D eigenvalue weighted by molar-refractivity contribution is 6.31. The van der Waals surface area contributed by atoms with Crippen LogP contribution in [0.4, 0.5) is 4.79 Å². The number of carbonyl (C=O) groups is 1. The van der Waals surface area contributed by atoms with Crippen LogP contribution < -0.4 is 0 Å². The molecule has 2 atom stereocenters. The van der Waals surface area contributed by atoms with Gasteiger partial charge in [0.05, 0.1) is 0 Å². The van der Waals surface area contributed by atoms with Crippen molar-refractivity contribution >= 4 is 28.7 Å². The SMILES string of the molecule is CC(C)(C)OC(=O)N1CC2CCCC(C1)C2(O)c1cc(Cl)cc2n[nH]nc12. The van der Waals surface area contributed by atoms with Crippen molar-refractivity contribution < 1.29 is 14.6 Å². The number of piperidine rings is 1. The highest BCUT2D eigenvalue weighted by Crippen LogP contribution is 2.51. The highest BCUT2D eigenvalue weighted by Gasteiger charge is 2.53. The summed E-state index contributed by atoms with van der Waals surface area (Å²) in [5.41, 5.74) is 0.358. The maximum absolute atomic E-state index is 12.6. The Morgan fingerprint density at radius 1 is 1.30 bits per heavy atom. The Morgan fingerprint density at radius 3 is 2.59 bits per heavy atom. The van der Waals surface area contributed by atoms with Crippen LogP contribution in [0.1, 0.15) is 45.6 Å². The van der Waals surface area contributed by atoms with Gasteiger partial charge >= 0.3 is 6.09 Å². The molecule has 8 heteroatoms. The predicted molar refractivity (Wildman–Crippen MR) is 101 cm³/mol. The molecular weight excluding hydrogens is 368 g/mol. The molecule has 2 N–H and O–H groups in total. The number of hydrogen-bond donors (Lipinski definition) is 2. The van der Waals surface area contributed by atoms with Gasteiger partial charge in [0.1, 0.15) is 22.2 Å². The van der Waals surface area contributed by atoms with Crippen LogP contribution >= 0.6 is 11.6 Å². The number of aromatic amines is 1. The van der Waals surface area contributed by atoms with Crippen molar-refractivity contribution in [2.45, 2.75) is 51.2 Å². The van der Waals surface area contributed by atoms with E-state index in [1.54, 1.807) is 17.0 Å². The van der Waals surface area contributed by atoms with Crippen molar-refractivity contribution in [1.29, 1.82) is 0 Å². The number of rotatable bonds is 1. The first-order chi connectivity index (χ1) is 12.7. The molecule has 0 spiro atoms. The molecule has 2 fully saturated rings. The number of halogens is 1. The molecule has 2 aromatic rings. The lowest BCUT2D eigenvalue weighted by atomic mass is 9.62. The van der Waals surface area contributed by atoms with Crippen molar-refractivity contribution in [1.82, 2.24) is 20.3 Å². The summed E-state index contributed by atoms with van der Waals surface area (Å²) in [6, 6.07) is 3.53. The van der Waals surface area contributed by atoms with E-state index in [4.69, 9.17) is 16.3 Å². The maximum Gasteiger partial charge on any atom is 0.410 e. The van der Waals surface area contributed by atoms with Gasteiger partial charge in [0, 0.05) is 35.5 Å². The summed E-state index contributed by atoms with van der Waals surface area (Å²) in [7, 11) is 0. The lowest BCUT2D eigenvalue weighted by Crippen LogP contribution is -2.59. The van der Waals surface area contributed by atoms with Crippen molar-refractivity contribution in [2.24, 2.45) is 11.8 Å². The zero-order valence-corrected chi connectivity index (χ0v) is 16.6. The van der Waals surface area contributed by atoms with Crippen LogP contribution in [0, 0.1) is 11.8 Å². The number of amides is 1. The fourth-order valence-corrected chi connectivity index (χ4v) is 4.80. The van der Waals surface area contributed by atoms with Crippen LogP contribution in [0.15, 0.2) is 12.1 Å². The number of carbonyl (C=O) groups excluding carboxylic acids is 1. The van der Waals surface area contributed by atoms with E-state index in [1.807, 2.05) is 20.8 Å². The van der Waals surface area contributed by atoms with Gasteiger partial charge in [0.15, 0.2) is 0 Å². The van der Waals surface area contributed by atoms with Gasteiger partial charge in [-0.05, 0) is 45.7 Å². The number of aliphatic hydroxyl groups is 1. The molecule has 0 radical (unpaired) electrons. The van der Waals surface area contributed by atoms with Crippen LogP contribution in [0.25, 0.3) is 11.0 Å². The third-order valence-corrected chi connectivity index (χ3v) is 5.92. The average Bonchev–Trinajstić information content (AvgIpc) is 2.99. The molecule has 1 amide bonds. The summed E-state index contributed by atoms with van der Waals surface area (Å²) in [5, 5.41) is 23.4. The number of likely N-dealkylation sites (tertiary alicyclic amines) is 1. The minimum atomic E-state index is -1.09. The lowest BCUT2D eigenvalue weighted by molar-refractivity contribution is -0.143. The molecule has 2 heterocycles. The largest absolute Gasteiger partial charge is 0.444 e. The molecule has 1 saturated heterocycles. The molecule has 1 saturated carbocycles. The number of aromatic nitrogens is 3. The first-order valence-electron chi connectivity index (χ1n) is 9.39. The summed E-state index contributed by atoms with van der Waals surface area (Å²) in [6.07, 6.45) is 2.37. The van der Waals surface area contributed by atoms with Crippen LogP contribution in [-0.2, 0) is 10.3 Å². The minimum Gasteiger partial charge on any atom is -0.444 e. The highest BCUT2D eigenvalue weighted by atomic mass is 35.5. The number of benzene rings is 1. The maximum atomic E-state index is 12.6. The molecule has 2 bridgehead atoms. The second-order valence-electron chi connectivity index (χ2n) is 8.68. The molecule has 2 unspecified atom stereocenters. The molecule has 146 valence electrons. The monoisotopic (exact) mass is 392 g/mol. The molecular formula is C19H25ClN4O3. The van der Waals surface area contributed by atoms with E-state index in [0.717, 1.165) is 19.3 Å². The van der Waals surface area contributed by atoms with Crippen LogP contribution in [-0.4, -0.2) is 50.2 Å². The second-order valence-corrected chi connectivity index (χ2v) is 9.12. The Morgan fingerprint density at radius 2 is 1.96 bits per heavy atom. The van der Waals surface area contributed by atoms with Crippen LogP contribution in [0.2, 0.25) is 5.02 Å². The molecule has 1 aliphatic heterocycles. The summed E-state index contributed by atoms with van der Waals surface area (Å²) < 4.78 is 5.55. The van der Waals surface area contributed by atoms with Crippen molar-refractivity contribution in [3.8, 4) is 0 Å². The normalized spacial score (nSPS) is 28.4. The molecule has 27 heavy (non-hydrogen) atoms. The Bertz CT molecular complexity index is 861. The summed E-state index contributed by atoms with van der Waals surface area (Å²) in [4.78, 5) is 14.3. The van der Waals surface area contributed by atoms with E-state index >= 15 is 0 Å². The second kappa shape index (κ2) is 6.34. The standard InChI is InChI=1S/C19H25ClN4O3/c1-18(2,3)27-17(25)24-9-11-5-4-6-12(10-24)19(11,26)14-7-13(20)8-15-16(14)22-23-21-15/h7-8,11-12,26H,4-6,9-10H2,1-3H3,(H,21,22,23). The fraction of sp³-hybridized carbons (Fsp3) is 0.632. The van der Waals surface area contributed by atoms with Gasteiger partial charge in [-0.2, -0.15) is 15.4 Å². The summed E-state index contributed by atoms with van der Waals surface area (Å²) >= 11 is 6.29. The summed E-state index contributed by atoms with van der Waals surface area (Å²) in [6.45, 7) is 6.49. The first-order valence-corrected chi connectivity index (χ1v) is 9.77. The van der Waals surface area contributed by atoms with E-state index in [0.29, 0.717) is 34.7 Å². The topological polar surface area (TPSA) is 91.3 Å². The van der Waals surface area contributed by atoms with E-state index < -0.39 is 11.2 Å². The number of fused-ring (bicyclic) bond motifs is 3. The molecule has 1 aromatic carbocycles. The van der Waals surface area contributed by atoms with Crippen LogP contribution in [0.5, 0.6) is 0 Å². The number of H-pyrrole nitrogens is 1. The smallest absolute Gasteiger partial charge is 0.410 e. The average molecular weight is 393 g/mol. The lowest BCUT2D eigenvalue weighted by Gasteiger charge is -2.53. The van der Waals surface area contributed by atoms with E-state index in [1.165, 1.54) is 0 Å². The van der Waals surface area contributed by atoms with Gasteiger partial charge in [-0.25, -0.2) is 4.79 Å². The van der Waals surface area contributed by atoms with Gasteiger partial charge in [0.2, 0.25) is 0 Å². The Kier molecular flexibility index (Phi) is 4.35. The Balaban J connectivity index is 1.70. The number of ether oxygens (including phenoxy) is 1. The zero-order valence-electron chi connectivity index (χ0n) is 15.8. The van der Waals surface area contributed by atoms with Gasteiger partial charge < -0.3 is 14.7 Å². The predicted octanol–water partition coefficient (Wildman–Crippen LogP) is 3.47. The van der Waals surface area contributed by atoms with Gasteiger partial charge in [-0.1, -0.05) is 18.0 Å². The first kappa shape index (κ1) is 18.5. The Labute approximate surface area is 163 Å². The summed E-state index contributed by atoms with van der Waals surface area (Å²) in [5.74, 6) is -0.202.